The highest BCUT2D eigenvalue weighted by Gasteiger charge is 2.38. The van der Waals surface area contributed by atoms with E-state index in [4.69, 9.17) is 9.72 Å². The Morgan fingerprint density at radius 3 is 2.38 bits per heavy atom. The van der Waals surface area contributed by atoms with Crippen LogP contribution in [0.4, 0.5) is 0 Å². The van der Waals surface area contributed by atoms with Gasteiger partial charge in [-0.2, -0.15) is 0 Å². The Morgan fingerprint density at radius 2 is 1.94 bits per heavy atom. The molecule has 1 fully saturated rings. The lowest BCUT2D eigenvalue weighted by atomic mass is 9.93. The average Bonchev–Trinajstić information content (AvgIpc) is 2.86. The van der Waals surface area contributed by atoms with Gasteiger partial charge in [0.2, 0.25) is 0 Å². The monoisotopic (exact) mass is 239 g/mol. The van der Waals surface area contributed by atoms with Crippen LogP contribution in [0.5, 0.6) is 0 Å². The third-order valence-corrected chi connectivity index (χ3v) is 4.49. The molecule has 3 heteroatoms. The highest BCUT2D eigenvalue weighted by molar-refractivity contribution is 7.09. The molecule has 1 aromatic rings. The predicted molar refractivity (Wildman–Crippen MR) is 68.0 cm³/mol. The van der Waals surface area contributed by atoms with Crippen LogP contribution in [0, 0.1) is 0 Å². The molecule has 0 radical (unpaired) electrons. The fourth-order valence-electron chi connectivity index (χ4n) is 2.28. The van der Waals surface area contributed by atoms with Gasteiger partial charge in [0.05, 0.1) is 5.69 Å². The molecular weight excluding hydrogens is 218 g/mol. The van der Waals surface area contributed by atoms with Crippen LogP contribution < -0.4 is 0 Å². The van der Waals surface area contributed by atoms with Crippen molar-refractivity contribution < 1.29 is 4.74 Å². The number of nitrogens with zero attached hydrogens (tertiary/aromatic N) is 1. The molecule has 1 saturated carbocycles. The topological polar surface area (TPSA) is 22.1 Å². The van der Waals surface area contributed by atoms with Crippen molar-refractivity contribution in [2.75, 3.05) is 7.11 Å². The number of thiazole rings is 1. The Kier molecular flexibility index (Phi) is 3.10. The van der Waals surface area contributed by atoms with Gasteiger partial charge in [0.15, 0.2) is 0 Å². The minimum atomic E-state index is -0.0752. The van der Waals surface area contributed by atoms with Crippen molar-refractivity contribution in [2.45, 2.75) is 57.5 Å². The van der Waals surface area contributed by atoms with E-state index in [1.165, 1.54) is 23.5 Å². The van der Waals surface area contributed by atoms with Gasteiger partial charge in [-0.3, -0.25) is 0 Å². The van der Waals surface area contributed by atoms with Crippen LogP contribution in [0.1, 0.15) is 57.2 Å². The van der Waals surface area contributed by atoms with Gasteiger partial charge < -0.3 is 4.74 Å². The largest absolute Gasteiger partial charge is 0.371 e. The van der Waals surface area contributed by atoms with Crippen molar-refractivity contribution in [1.82, 2.24) is 4.98 Å². The highest BCUT2D eigenvalue weighted by Crippen LogP contribution is 2.43. The summed E-state index contributed by atoms with van der Waals surface area (Å²) in [5, 5.41) is 3.37. The zero-order valence-electron chi connectivity index (χ0n) is 10.7. The molecule has 0 aromatic carbocycles. The summed E-state index contributed by atoms with van der Waals surface area (Å²) in [6, 6.07) is 0. The van der Waals surface area contributed by atoms with Gasteiger partial charge in [-0.05, 0) is 12.8 Å². The number of hydrogen-bond acceptors (Lipinski definition) is 3. The minimum Gasteiger partial charge on any atom is -0.371 e. The quantitative estimate of drug-likeness (QED) is 0.782. The van der Waals surface area contributed by atoms with E-state index >= 15 is 0 Å². The van der Waals surface area contributed by atoms with Gasteiger partial charge in [-0.1, -0.05) is 33.6 Å². The van der Waals surface area contributed by atoms with Crippen molar-refractivity contribution in [3.63, 3.8) is 0 Å². The van der Waals surface area contributed by atoms with Crippen molar-refractivity contribution in [3.05, 3.63) is 16.1 Å². The summed E-state index contributed by atoms with van der Waals surface area (Å²) < 4.78 is 5.76. The van der Waals surface area contributed by atoms with Crippen LogP contribution in [0.2, 0.25) is 0 Å². The number of methoxy groups -OCH3 is 1. The molecule has 0 bridgehead atoms. The fraction of sp³-hybridized carbons (Fsp3) is 0.769. The van der Waals surface area contributed by atoms with E-state index in [-0.39, 0.29) is 11.0 Å². The maximum absolute atomic E-state index is 5.76. The van der Waals surface area contributed by atoms with E-state index in [0.717, 1.165) is 12.8 Å². The van der Waals surface area contributed by atoms with E-state index in [2.05, 4.69) is 26.2 Å². The van der Waals surface area contributed by atoms with E-state index in [1.807, 2.05) is 7.11 Å². The molecule has 1 aliphatic carbocycles. The summed E-state index contributed by atoms with van der Waals surface area (Å²) in [5.41, 5.74) is 1.26. The highest BCUT2D eigenvalue weighted by atomic mass is 32.1. The fourth-order valence-corrected chi connectivity index (χ4v) is 3.56. The molecule has 1 heterocycles. The number of aromatic nitrogens is 1. The third-order valence-electron chi connectivity index (χ3n) is 3.46. The van der Waals surface area contributed by atoms with Gasteiger partial charge in [0.25, 0.3) is 0 Å². The molecular formula is C13H21NOS. The maximum Gasteiger partial charge on any atom is 0.125 e. The zero-order valence-corrected chi connectivity index (χ0v) is 11.5. The van der Waals surface area contributed by atoms with Gasteiger partial charge in [0, 0.05) is 17.9 Å². The second-order valence-electron chi connectivity index (χ2n) is 5.69. The molecule has 0 N–H and O–H groups in total. The lowest BCUT2D eigenvalue weighted by molar-refractivity contribution is -0.00903. The van der Waals surface area contributed by atoms with Crippen molar-refractivity contribution in [2.24, 2.45) is 0 Å². The Hall–Kier alpha value is -0.410. The Morgan fingerprint density at radius 1 is 1.31 bits per heavy atom. The van der Waals surface area contributed by atoms with E-state index in [1.54, 1.807) is 11.3 Å². The smallest absolute Gasteiger partial charge is 0.125 e. The van der Waals surface area contributed by atoms with E-state index in [9.17, 15) is 0 Å². The van der Waals surface area contributed by atoms with Crippen molar-refractivity contribution in [3.8, 4) is 0 Å². The molecule has 0 spiro atoms. The van der Waals surface area contributed by atoms with Crippen LogP contribution in [0.3, 0.4) is 0 Å². The molecule has 0 saturated heterocycles. The Bertz CT molecular complexity index is 358. The number of ether oxygens (including phenoxy) is 1. The Balaban J connectivity index is 2.30. The first-order chi connectivity index (χ1) is 7.48. The summed E-state index contributed by atoms with van der Waals surface area (Å²) in [4.78, 5) is 4.80. The summed E-state index contributed by atoms with van der Waals surface area (Å²) >= 11 is 1.76. The third kappa shape index (κ3) is 2.03. The van der Waals surface area contributed by atoms with E-state index < -0.39 is 0 Å². The SMILES string of the molecule is COC1(c2nc(C(C)(C)C)cs2)CCCC1. The molecule has 1 aliphatic rings. The van der Waals surface area contributed by atoms with Crippen LogP contribution in [0.25, 0.3) is 0 Å². The normalized spacial score (nSPS) is 20.2. The van der Waals surface area contributed by atoms with Crippen LogP contribution in [-0.2, 0) is 15.8 Å². The summed E-state index contributed by atoms with van der Waals surface area (Å²) in [6.07, 6.45) is 4.78. The first kappa shape index (κ1) is 12.1. The predicted octanol–water partition coefficient (Wildman–Crippen LogP) is 3.86. The molecule has 16 heavy (non-hydrogen) atoms. The van der Waals surface area contributed by atoms with Gasteiger partial charge in [0.1, 0.15) is 10.6 Å². The summed E-state index contributed by atoms with van der Waals surface area (Å²) in [5.74, 6) is 0. The first-order valence-corrected chi connectivity index (χ1v) is 6.87. The van der Waals surface area contributed by atoms with Crippen molar-refractivity contribution in [1.29, 1.82) is 0 Å². The average molecular weight is 239 g/mol. The summed E-state index contributed by atoms with van der Waals surface area (Å²) in [6.45, 7) is 6.62. The van der Waals surface area contributed by atoms with Gasteiger partial charge in [-0.15, -0.1) is 11.3 Å². The maximum atomic E-state index is 5.76. The Labute approximate surface area is 102 Å². The number of hydrogen-bond donors (Lipinski definition) is 0. The lowest BCUT2D eigenvalue weighted by Crippen LogP contribution is -2.24. The molecule has 2 nitrogen and oxygen atoms in total. The van der Waals surface area contributed by atoms with Crippen LogP contribution >= 0.6 is 11.3 Å². The molecule has 2 rings (SSSR count). The second-order valence-corrected chi connectivity index (χ2v) is 6.55. The standard InChI is InChI=1S/C13H21NOS/c1-12(2,3)10-9-16-11(14-10)13(15-4)7-5-6-8-13/h9H,5-8H2,1-4H3. The molecule has 0 aliphatic heterocycles. The molecule has 90 valence electrons. The number of rotatable bonds is 2. The molecule has 0 amide bonds. The zero-order chi connectivity index (χ0) is 11.8. The first-order valence-electron chi connectivity index (χ1n) is 6.00. The van der Waals surface area contributed by atoms with Crippen molar-refractivity contribution >= 4 is 11.3 Å². The van der Waals surface area contributed by atoms with Gasteiger partial charge >= 0.3 is 0 Å². The van der Waals surface area contributed by atoms with Gasteiger partial charge in [-0.25, -0.2) is 4.98 Å². The second kappa shape index (κ2) is 4.11. The van der Waals surface area contributed by atoms with Crippen LogP contribution in [0.15, 0.2) is 5.38 Å². The molecule has 1 aromatic heterocycles. The van der Waals surface area contributed by atoms with Crippen LogP contribution in [-0.4, -0.2) is 12.1 Å². The van der Waals surface area contributed by atoms with E-state index in [0.29, 0.717) is 0 Å². The molecule has 0 unspecified atom stereocenters. The lowest BCUT2D eigenvalue weighted by Gasteiger charge is -2.25. The molecule has 0 atom stereocenters. The summed E-state index contributed by atoms with van der Waals surface area (Å²) in [7, 11) is 1.82. The minimum absolute atomic E-state index is 0.0752.